The molecule has 0 aromatic heterocycles. The first-order valence-electron chi connectivity index (χ1n) is 1.49. The number of carboxylic acid groups (broad SMARTS) is 1. The van der Waals surface area contributed by atoms with Gasteiger partial charge in [-0.3, -0.25) is 4.79 Å². The zero-order valence-corrected chi connectivity index (χ0v) is 9.06. The minimum absolute atomic E-state index is 0. The van der Waals surface area contributed by atoms with Crippen molar-refractivity contribution in [3.8, 4) is 0 Å². The van der Waals surface area contributed by atoms with E-state index in [1.807, 2.05) is 0 Å². The summed E-state index contributed by atoms with van der Waals surface area (Å²) in [5.41, 5.74) is 0. The summed E-state index contributed by atoms with van der Waals surface area (Å²) < 4.78 is 0. The van der Waals surface area contributed by atoms with Gasteiger partial charge < -0.3 is 7.96 Å². The molecule has 0 unspecified atom stereocenters. The van der Waals surface area contributed by atoms with Crippen LogP contribution in [0.25, 0.3) is 0 Å². The predicted octanol–water partition coefficient (Wildman–Crippen LogP) is -5.29. The van der Waals surface area contributed by atoms with E-state index >= 15 is 0 Å². The molecular formula is C3H8Na2O2. The van der Waals surface area contributed by atoms with E-state index in [0.717, 1.165) is 0 Å². The molecule has 0 bridgehead atoms. The molecule has 0 spiro atoms. The van der Waals surface area contributed by atoms with Gasteiger partial charge in [-0.25, -0.2) is 0 Å². The Labute approximate surface area is 90.2 Å². The maximum atomic E-state index is 9.37. The number of rotatable bonds is 1. The van der Waals surface area contributed by atoms with Crippen molar-refractivity contribution in [2.75, 3.05) is 0 Å². The molecule has 0 aliphatic carbocycles. The molecule has 0 rings (SSSR count). The van der Waals surface area contributed by atoms with Crippen molar-refractivity contribution in [3.63, 3.8) is 0 Å². The van der Waals surface area contributed by atoms with E-state index in [4.69, 9.17) is 5.11 Å². The van der Waals surface area contributed by atoms with Gasteiger partial charge in [0.2, 0.25) is 0 Å². The van der Waals surface area contributed by atoms with Gasteiger partial charge in [0.05, 0.1) is 0 Å². The van der Waals surface area contributed by atoms with Crippen molar-refractivity contribution in [1.29, 1.82) is 0 Å². The van der Waals surface area contributed by atoms with Gasteiger partial charge in [0.1, 0.15) is 0 Å². The molecule has 0 saturated carbocycles. The van der Waals surface area contributed by atoms with E-state index in [0.29, 0.717) is 0 Å². The Balaban J connectivity index is -0.0000000133. The van der Waals surface area contributed by atoms with Gasteiger partial charge in [-0.15, -0.1) is 0 Å². The molecule has 0 aliphatic rings. The van der Waals surface area contributed by atoms with Crippen LogP contribution in [0, 0.1) is 0 Å². The summed E-state index contributed by atoms with van der Waals surface area (Å²) in [6, 6.07) is 0. The molecule has 2 nitrogen and oxygen atoms in total. The predicted molar refractivity (Wildman–Crippen MR) is 20.2 cm³/mol. The SMILES string of the molecule is CCC(=O)O.[H-].[H-].[Na+].[Na+]. The fourth-order valence-corrected chi connectivity index (χ4v) is 0. The Morgan fingerprint density at radius 3 is 1.86 bits per heavy atom. The average Bonchev–Trinajstić information content (AvgIpc) is 1.38. The average molecular weight is 122 g/mol. The van der Waals surface area contributed by atoms with Gasteiger partial charge in [0.15, 0.2) is 0 Å². The number of carboxylic acids is 1. The minimum Gasteiger partial charge on any atom is -1.00 e. The van der Waals surface area contributed by atoms with Gasteiger partial charge in [-0.2, -0.15) is 0 Å². The van der Waals surface area contributed by atoms with Crippen molar-refractivity contribution in [1.82, 2.24) is 0 Å². The van der Waals surface area contributed by atoms with Gasteiger partial charge >= 0.3 is 65.1 Å². The van der Waals surface area contributed by atoms with Crippen molar-refractivity contribution >= 4 is 5.97 Å². The van der Waals surface area contributed by atoms with Crippen molar-refractivity contribution in [2.24, 2.45) is 0 Å². The molecule has 0 aliphatic heterocycles. The minimum atomic E-state index is -0.745. The van der Waals surface area contributed by atoms with Crippen molar-refractivity contribution in [3.05, 3.63) is 0 Å². The molecule has 1 N–H and O–H groups in total. The quantitative estimate of drug-likeness (QED) is 0.353. The molecule has 0 amide bonds. The van der Waals surface area contributed by atoms with Crippen molar-refractivity contribution < 1.29 is 71.9 Å². The number of hydrogen-bond donors (Lipinski definition) is 1. The van der Waals surface area contributed by atoms with Gasteiger partial charge in [0, 0.05) is 6.42 Å². The Hall–Kier alpha value is 1.47. The zero-order valence-electron chi connectivity index (χ0n) is 7.06. The van der Waals surface area contributed by atoms with E-state index < -0.39 is 5.97 Å². The molecule has 0 heterocycles. The van der Waals surface area contributed by atoms with Gasteiger partial charge in [-0.05, 0) is 0 Å². The van der Waals surface area contributed by atoms with Crippen LogP contribution in [0.3, 0.4) is 0 Å². The third-order valence-electron chi connectivity index (χ3n) is 0.302. The van der Waals surface area contributed by atoms with Crippen LogP contribution in [0.5, 0.6) is 0 Å². The summed E-state index contributed by atoms with van der Waals surface area (Å²) in [4.78, 5) is 9.37. The van der Waals surface area contributed by atoms with E-state index in [2.05, 4.69) is 0 Å². The van der Waals surface area contributed by atoms with E-state index in [9.17, 15) is 4.79 Å². The summed E-state index contributed by atoms with van der Waals surface area (Å²) >= 11 is 0. The van der Waals surface area contributed by atoms with Gasteiger partial charge in [0.25, 0.3) is 0 Å². The second kappa shape index (κ2) is 10.5. The van der Waals surface area contributed by atoms with Crippen LogP contribution in [-0.4, -0.2) is 11.1 Å². The summed E-state index contributed by atoms with van der Waals surface area (Å²) in [6.45, 7) is 1.60. The largest absolute Gasteiger partial charge is 1.00 e. The molecule has 0 saturated heterocycles. The molecule has 0 fully saturated rings. The van der Waals surface area contributed by atoms with E-state index in [1.54, 1.807) is 6.92 Å². The third-order valence-corrected chi connectivity index (χ3v) is 0.302. The summed E-state index contributed by atoms with van der Waals surface area (Å²) in [7, 11) is 0. The maximum absolute atomic E-state index is 9.37. The number of hydrogen-bond acceptors (Lipinski definition) is 1. The third kappa shape index (κ3) is 18.6. The molecular weight excluding hydrogens is 114 g/mol. The van der Waals surface area contributed by atoms with Crippen LogP contribution >= 0.6 is 0 Å². The van der Waals surface area contributed by atoms with Crippen molar-refractivity contribution in [2.45, 2.75) is 13.3 Å². The van der Waals surface area contributed by atoms with Crippen LogP contribution in [0.4, 0.5) is 0 Å². The monoisotopic (exact) mass is 122 g/mol. The van der Waals surface area contributed by atoms with Crippen LogP contribution in [0.2, 0.25) is 0 Å². The molecule has 0 aromatic carbocycles. The molecule has 0 aromatic rings. The first-order chi connectivity index (χ1) is 2.27. The fourth-order valence-electron chi connectivity index (χ4n) is 0. The standard InChI is InChI=1S/C3H6O2.2Na.2H/c1-2-3(4)5;;;;/h2H2,1H3,(H,4,5);;;;/q;2*+1;2*-1. The first kappa shape index (κ1) is 15.8. The number of carbonyl (C=O) groups is 1. The van der Waals surface area contributed by atoms with E-state index in [-0.39, 0.29) is 68.4 Å². The zero-order chi connectivity index (χ0) is 4.28. The summed E-state index contributed by atoms with van der Waals surface area (Å²) in [6.07, 6.45) is 0.222. The molecule has 0 atom stereocenters. The molecule has 7 heavy (non-hydrogen) atoms. The van der Waals surface area contributed by atoms with Crippen LogP contribution in [0.15, 0.2) is 0 Å². The van der Waals surface area contributed by atoms with Crippen LogP contribution in [-0.2, 0) is 4.79 Å². The summed E-state index contributed by atoms with van der Waals surface area (Å²) in [5.74, 6) is -0.745. The number of aliphatic carboxylic acids is 1. The maximum Gasteiger partial charge on any atom is 1.00 e. The fraction of sp³-hybridized carbons (Fsp3) is 0.667. The topological polar surface area (TPSA) is 37.3 Å². The molecule has 0 radical (unpaired) electrons. The summed E-state index contributed by atoms with van der Waals surface area (Å²) in [5, 5.41) is 7.72. The van der Waals surface area contributed by atoms with E-state index in [1.165, 1.54) is 0 Å². The normalized spacial score (nSPS) is 5.29. The smallest absolute Gasteiger partial charge is 1.00 e. The Bertz CT molecular complexity index is 53.1. The van der Waals surface area contributed by atoms with Crippen LogP contribution in [0.1, 0.15) is 16.2 Å². The Morgan fingerprint density at radius 1 is 1.71 bits per heavy atom. The second-order valence-corrected chi connectivity index (χ2v) is 0.747. The Morgan fingerprint density at radius 2 is 1.86 bits per heavy atom. The Kier molecular flexibility index (Phi) is 23.6. The van der Waals surface area contributed by atoms with Crippen LogP contribution < -0.4 is 59.1 Å². The van der Waals surface area contributed by atoms with Gasteiger partial charge in [-0.1, -0.05) is 6.92 Å². The molecule has 34 valence electrons. The first-order valence-corrected chi connectivity index (χ1v) is 1.49. The second-order valence-electron chi connectivity index (χ2n) is 0.747. The molecule has 4 heteroatoms.